The molecule has 0 saturated heterocycles. The second-order valence-corrected chi connectivity index (χ2v) is 2.33. The Kier molecular flexibility index (Phi) is 8.26. The van der Waals surface area contributed by atoms with Crippen molar-refractivity contribution in [1.82, 2.24) is 0 Å². The molecule has 0 N–H and O–H groups in total. The first-order valence-corrected chi connectivity index (χ1v) is 4.51. The highest BCUT2D eigenvalue weighted by atomic mass is 79.9. The van der Waals surface area contributed by atoms with Crippen molar-refractivity contribution in [2.45, 2.75) is 26.2 Å². The minimum absolute atomic E-state index is 0.714. The average molecular weight is 199 g/mol. The Bertz CT molecular complexity index is 172. The van der Waals surface area contributed by atoms with Gasteiger partial charge in [-0.25, -0.2) is 0 Å². The summed E-state index contributed by atoms with van der Waals surface area (Å²) in [6, 6.07) is 0. The lowest BCUT2D eigenvalue weighted by Gasteiger charge is -1.75. The van der Waals surface area contributed by atoms with Gasteiger partial charge in [-0.2, -0.15) is 0 Å². The lowest BCUT2D eigenvalue weighted by molar-refractivity contribution is 0.982. The summed E-state index contributed by atoms with van der Waals surface area (Å²) < 4.78 is 0. The van der Waals surface area contributed by atoms with Gasteiger partial charge in [0.25, 0.3) is 0 Å². The second-order valence-electron chi connectivity index (χ2n) is 1.77. The Morgan fingerprint density at radius 2 is 1.80 bits per heavy atom. The molecule has 0 spiro atoms. The summed E-state index contributed by atoms with van der Waals surface area (Å²) in [6.07, 6.45) is 2.85. The molecule has 0 unspecified atom stereocenters. The molecule has 0 amide bonds. The molecule has 0 aromatic heterocycles. The zero-order chi connectivity index (χ0) is 7.66. The highest BCUT2D eigenvalue weighted by Crippen LogP contribution is 1.82. The van der Waals surface area contributed by atoms with E-state index in [1.165, 1.54) is 0 Å². The third kappa shape index (κ3) is 7.60. The predicted molar refractivity (Wildman–Crippen MR) is 48.9 cm³/mol. The van der Waals surface area contributed by atoms with Crippen LogP contribution in [0.3, 0.4) is 0 Å². The van der Waals surface area contributed by atoms with E-state index in [4.69, 9.17) is 0 Å². The van der Waals surface area contributed by atoms with E-state index in [2.05, 4.69) is 46.5 Å². The van der Waals surface area contributed by atoms with Gasteiger partial charge in [-0.3, -0.25) is 0 Å². The van der Waals surface area contributed by atoms with Crippen LogP contribution in [0.2, 0.25) is 0 Å². The quantitative estimate of drug-likeness (QED) is 0.449. The minimum atomic E-state index is 0.714. The van der Waals surface area contributed by atoms with E-state index in [-0.39, 0.29) is 0 Å². The third-order valence-corrected chi connectivity index (χ3v) is 1.15. The topological polar surface area (TPSA) is 0 Å². The van der Waals surface area contributed by atoms with Crippen LogP contribution in [0.15, 0.2) is 0 Å². The van der Waals surface area contributed by atoms with Crippen LogP contribution >= 0.6 is 15.9 Å². The van der Waals surface area contributed by atoms with Gasteiger partial charge >= 0.3 is 0 Å². The number of hydrogen-bond acceptors (Lipinski definition) is 0. The lowest BCUT2D eigenvalue weighted by atomic mass is 10.3. The maximum atomic E-state index is 3.21. The van der Waals surface area contributed by atoms with Crippen molar-refractivity contribution < 1.29 is 0 Å². The van der Waals surface area contributed by atoms with Gasteiger partial charge in [0.05, 0.1) is 11.8 Å². The summed E-state index contributed by atoms with van der Waals surface area (Å²) in [6.45, 7) is 2.12. The smallest absolute Gasteiger partial charge is 0.0702 e. The molecule has 0 nitrogen and oxygen atoms in total. The normalized spacial score (nSPS) is 7.00. The summed E-state index contributed by atoms with van der Waals surface area (Å²) >= 11 is 3.21. The molecule has 10 heavy (non-hydrogen) atoms. The third-order valence-electron chi connectivity index (χ3n) is 0.869. The van der Waals surface area contributed by atoms with Crippen molar-refractivity contribution >= 4 is 15.9 Å². The van der Waals surface area contributed by atoms with Gasteiger partial charge in [-0.1, -0.05) is 40.6 Å². The highest BCUT2D eigenvalue weighted by molar-refractivity contribution is 9.09. The number of unbranched alkanes of at least 4 members (excludes halogenated alkanes) is 1. The van der Waals surface area contributed by atoms with E-state index >= 15 is 0 Å². The van der Waals surface area contributed by atoms with E-state index in [1.807, 2.05) is 0 Å². The van der Waals surface area contributed by atoms with Crippen LogP contribution in [-0.2, 0) is 0 Å². The molecule has 0 radical (unpaired) electrons. The Balaban J connectivity index is 3.28. The minimum Gasteiger partial charge on any atom is -0.102 e. The Morgan fingerprint density at radius 1 is 1.10 bits per heavy atom. The van der Waals surface area contributed by atoms with Crippen molar-refractivity contribution in [2.24, 2.45) is 0 Å². The van der Waals surface area contributed by atoms with E-state index in [0.717, 1.165) is 18.2 Å². The molecular formula is C9H11Br. The molecule has 0 bridgehead atoms. The second kappa shape index (κ2) is 8.60. The summed E-state index contributed by atoms with van der Waals surface area (Å²) in [5, 5.41) is 0.752. The molecule has 0 aliphatic rings. The molecule has 0 fully saturated rings. The van der Waals surface area contributed by atoms with E-state index in [9.17, 15) is 0 Å². The fourth-order valence-electron chi connectivity index (χ4n) is 0.430. The summed E-state index contributed by atoms with van der Waals surface area (Å²) in [5.41, 5.74) is 0. The molecule has 0 heterocycles. The maximum Gasteiger partial charge on any atom is 0.0702 e. The number of rotatable bonds is 1. The van der Waals surface area contributed by atoms with Crippen LogP contribution in [0.1, 0.15) is 26.2 Å². The Morgan fingerprint density at radius 3 is 2.40 bits per heavy atom. The van der Waals surface area contributed by atoms with Crippen molar-refractivity contribution in [2.75, 3.05) is 5.33 Å². The molecule has 0 aromatic rings. The number of hydrogen-bond donors (Lipinski definition) is 0. The lowest BCUT2D eigenvalue weighted by Crippen LogP contribution is -1.64. The fourth-order valence-corrected chi connectivity index (χ4v) is 0.628. The summed E-state index contributed by atoms with van der Waals surface area (Å²) in [7, 11) is 0. The van der Waals surface area contributed by atoms with Crippen LogP contribution in [0, 0.1) is 23.7 Å². The Hall–Kier alpha value is -0.400. The van der Waals surface area contributed by atoms with Gasteiger partial charge in [0, 0.05) is 6.42 Å². The van der Waals surface area contributed by atoms with Gasteiger partial charge in [-0.15, -0.1) is 5.92 Å². The van der Waals surface area contributed by atoms with Crippen LogP contribution in [0.4, 0.5) is 0 Å². The standard InChI is InChI=1S/C9H11Br/c1-2-3-4-5-6-7-8-9-10/h2-3,6,9H2,1H3. The van der Waals surface area contributed by atoms with Crippen LogP contribution in [0.25, 0.3) is 0 Å². The molecule has 0 aromatic carbocycles. The van der Waals surface area contributed by atoms with Crippen LogP contribution < -0.4 is 0 Å². The predicted octanol–water partition coefficient (Wildman–Crippen LogP) is 2.58. The highest BCUT2D eigenvalue weighted by Gasteiger charge is 1.69. The first-order chi connectivity index (χ1) is 4.91. The van der Waals surface area contributed by atoms with E-state index < -0.39 is 0 Å². The fraction of sp³-hybridized carbons (Fsp3) is 0.556. The molecule has 0 aliphatic carbocycles. The zero-order valence-electron chi connectivity index (χ0n) is 6.21. The average Bonchev–Trinajstić information content (AvgIpc) is 1.97. The Labute approximate surface area is 71.5 Å². The van der Waals surface area contributed by atoms with Crippen LogP contribution in [0.5, 0.6) is 0 Å². The first kappa shape index (κ1) is 9.60. The van der Waals surface area contributed by atoms with Gasteiger partial charge in [-0.05, 0) is 6.42 Å². The first-order valence-electron chi connectivity index (χ1n) is 3.39. The summed E-state index contributed by atoms with van der Waals surface area (Å²) in [4.78, 5) is 0. The maximum absolute atomic E-state index is 3.21. The van der Waals surface area contributed by atoms with Crippen molar-refractivity contribution in [3.63, 3.8) is 0 Å². The van der Waals surface area contributed by atoms with Gasteiger partial charge in [0.15, 0.2) is 0 Å². The molecule has 0 atom stereocenters. The molecular weight excluding hydrogens is 188 g/mol. The van der Waals surface area contributed by atoms with E-state index in [0.29, 0.717) is 6.42 Å². The van der Waals surface area contributed by atoms with Crippen molar-refractivity contribution in [3.05, 3.63) is 0 Å². The van der Waals surface area contributed by atoms with Gasteiger partial charge < -0.3 is 0 Å². The number of alkyl halides is 1. The molecule has 1 heteroatoms. The molecule has 54 valence electrons. The SMILES string of the molecule is CCCC#CCC#CCBr. The number of halogens is 1. The molecule has 0 saturated carbocycles. The summed E-state index contributed by atoms with van der Waals surface area (Å²) in [5.74, 6) is 11.8. The van der Waals surface area contributed by atoms with Gasteiger partial charge in [0.2, 0.25) is 0 Å². The zero-order valence-corrected chi connectivity index (χ0v) is 7.79. The van der Waals surface area contributed by atoms with Crippen molar-refractivity contribution in [3.8, 4) is 23.7 Å². The largest absolute Gasteiger partial charge is 0.102 e. The van der Waals surface area contributed by atoms with Crippen LogP contribution in [-0.4, -0.2) is 5.33 Å². The monoisotopic (exact) mass is 198 g/mol. The molecule has 0 rings (SSSR count). The van der Waals surface area contributed by atoms with Gasteiger partial charge in [0.1, 0.15) is 0 Å². The van der Waals surface area contributed by atoms with E-state index in [1.54, 1.807) is 0 Å². The van der Waals surface area contributed by atoms with Crippen molar-refractivity contribution in [1.29, 1.82) is 0 Å². The molecule has 0 aliphatic heterocycles.